The van der Waals surface area contributed by atoms with Gasteiger partial charge in [0, 0.05) is 6.04 Å². The molecule has 0 amide bonds. The Morgan fingerprint density at radius 3 is 1.96 bits per heavy atom. The number of phenolic OH excluding ortho intramolecular Hbond substituents is 1. The largest absolute Gasteiger partial charge is 1.00 e. The Balaban J connectivity index is 0.00000312. The van der Waals surface area contributed by atoms with Crippen LogP contribution in [-0.4, -0.2) is 22.6 Å². The summed E-state index contributed by atoms with van der Waals surface area (Å²) >= 11 is 8.37. The van der Waals surface area contributed by atoms with Crippen LogP contribution in [0.15, 0.2) is 24.3 Å². The fourth-order valence-electron chi connectivity index (χ4n) is 1.88. The first-order chi connectivity index (χ1) is 11.2. The van der Waals surface area contributed by atoms with Crippen molar-refractivity contribution in [3.63, 3.8) is 0 Å². The predicted octanol–water partition coefficient (Wildman–Crippen LogP) is -0.598. The molecule has 0 bridgehead atoms. The summed E-state index contributed by atoms with van der Waals surface area (Å²) in [6.07, 6.45) is 0.198. The number of carboxylic acids is 1. The third kappa shape index (κ3) is 7.31. The van der Waals surface area contributed by atoms with Crippen LogP contribution in [0.2, 0.25) is 0 Å². The summed E-state index contributed by atoms with van der Waals surface area (Å²) in [5, 5.41) is 20.6. The number of phenols is 1. The third-order valence-corrected chi connectivity index (χ3v) is 6.27. The molecule has 11 heteroatoms. The van der Waals surface area contributed by atoms with Gasteiger partial charge in [0.05, 0.1) is 20.3 Å². The quantitative estimate of drug-likeness (QED) is 0.309. The van der Waals surface area contributed by atoms with Crippen molar-refractivity contribution in [2.75, 3.05) is 0 Å². The van der Waals surface area contributed by atoms with E-state index < -0.39 is 12.0 Å². The second kappa shape index (κ2) is 12.1. The van der Waals surface area contributed by atoms with Crippen molar-refractivity contribution < 1.29 is 54.8 Å². The van der Waals surface area contributed by atoms with Gasteiger partial charge in [0.15, 0.2) is 5.75 Å². The van der Waals surface area contributed by atoms with E-state index >= 15 is 0 Å². The Hall–Kier alpha value is 1.35. The molecule has 0 aliphatic carbocycles. The fraction of sp³-hybridized carbons (Fsp3) is 0.133. The van der Waals surface area contributed by atoms with Crippen molar-refractivity contribution in [3.8, 4) is 17.2 Å². The Morgan fingerprint density at radius 2 is 1.54 bits per heavy atom. The molecule has 2 aromatic carbocycles. The van der Waals surface area contributed by atoms with Gasteiger partial charge in [-0.2, -0.15) is 0 Å². The summed E-state index contributed by atoms with van der Waals surface area (Å²) in [5.74, 6) is 0.268. The summed E-state index contributed by atoms with van der Waals surface area (Å²) in [6.45, 7) is 0. The van der Waals surface area contributed by atoms with Crippen molar-refractivity contribution in [2.45, 2.75) is 12.5 Å². The van der Waals surface area contributed by atoms with Crippen molar-refractivity contribution in [2.24, 2.45) is 5.73 Å². The molecule has 0 aliphatic heterocycles. The molecule has 2 aromatic rings. The van der Waals surface area contributed by atoms with Gasteiger partial charge in [-0.05, 0) is 127 Å². The molecule has 0 heterocycles. The van der Waals surface area contributed by atoms with Gasteiger partial charge in [0.2, 0.25) is 0 Å². The first-order valence-corrected chi connectivity index (χ1v) is 10.8. The van der Waals surface area contributed by atoms with Gasteiger partial charge in [0.25, 0.3) is 0 Å². The molecule has 0 aromatic heterocycles. The van der Waals surface area contributed by atoms with Crippen LogP contribution in [0.1, 0.15) is 5.56 Å². The SMILES string of the molecule is N[C@H](Cc1cc(I)c(Oc2cc(I)c(O)c(I)c2)c(I)c1)C(=O)[O-].O.[Na+]. The molecular formula is C15H12I4NNaO5. The van der Waals surface area contributed by atoms with Crippen LogP contribution in [0.25, 0.3) is 0 Å². The van der Waals surface area contributed by atoms with Gasteiger partial charge < -0.3 is 31.0 Å². The van der Waals surface area contributed by atoms with E-state index in [1.807, 2.05) is 57.3 Å². The van der Waals surface area contributed by atoms with Gasteiger partial charge >= 0.3 is 29.6 Å². The minimum absolute atomic E-state index is 0. The molecule has 1 atom stereocenters. The van der Waals surface area contributed by atoms with Crippen LogP contribution in [0.3, 0.4) is 0 Å². The number of halogens is 4. The van der Waals surface area contributed by atoms with Crippen molar-refractivity contribution >= 4 is 96.3 Å². The van der Waals surface area contributed by atoms with Crippen molar-refractivity contribution in [1.82, 2.24) is 0 Å². The zero-order valence-corrected chi connectivity index (χ0v) is 24.0. The van der Waals surface area contributed by atoms with E-state index in [2.05, 4.69) is 45.2 Å². The minimum Gasteiger partial charge on any atom is -0.548 e. The second-order valence-electron chi connectivity index (χ2n) is 4.86. The van der Waals surface area contributed by atoms with E-state index in [0.717, 1.165) is 12.7 Å². The molecule has 0 aliphatic rings. The van der Waals surface area contributed by atoms with Crippen molar-refractivity contribution in [1.29, 1.82) is 0 Å². The molecule has 26 heavy (non-hydrogen) atoms. The number of carbonyl (C=O) groups excluding carboxylic acids is 1. The summed E-state index contributed by atoms with van der Waals surface area (Å²) < 4.78 is 9.07. The smallest absolute Gasteiger partial charge is 0.548 e. The summed E-state index contributed by atoms with van der Waals surface area (Å²) in [6, 6.07) is 6.16. The summed E-state index contributed by atoms with van der Waals surface area (Å²) in [5.41, 5.74) is 6.34. The van der Waals surface area contributed by atoms with Gasteiger partial charge in [-0.25, -0.2) is 0 Å². The maximum Gasteiger partial charge on any atom is 1.00 e. The van der Waals surface area contributed by atoms with Gasteiger partial charge in [-0.15, -0.1) is 0 Å². The van der Waals surface area contributed by atoms with Gasteiger partial charge in [-0.3, -0.25) is 0 Å². The molecule has 0 spiro atoms. The van der Waals surface area contributed by atoms with E-state index in [1.165, 1.54) is 0 Å². The van der Waals surface area contributed by atoms with Crippen molar-refractivity contribution in [3.05, 3.63) is 44.1 Å². The van der Waals surface area contributed by atoms with Crippen LogP contribution < -0.4 is 45.1 Å². The molecule has 136 valence electrons. The van der Waals surface area contributed by atoms with E-state index in [4.69, 9.17) is 10.5 Å². The predicted molar refractivity (Wildman–Crippen MR) is 126 cm³/mol. The molecule has 0 saturated carbocycles. The number of rotatable bonds is 5. The maximum absolute atomic E-state index is 10.8. The van der Waals surface area contributed by atoms with E-state index in [9.17, 15) is 15.0 Å². The molecule has 5 N–H and O–H groups in total. The number of hydrogen-bond donors (Lipinski definition) is 2. The average molecular weight is 817 g/mol. The first kappa shape index (κ1) is 27.4. The monoisotopic (exact) mass is 817 g/mol. The molecule has 0 saturated heterocycles. The zero-order chi connectivity index (χ0) is 18.0. The number of aromatic hydroxyl groups is 1. The van der Waals surface area contributed by atoms with E-state index in [0.29, 0.717) is 18.6 Å². The number of nitrogens with two attached hydrogens (primary N) is 1. The standard InChI is InChI=1S/C15H11I4NO4.Na.H2O/c16-8-4-7(5-9(17)13(8)21)24-14-10(18)1-6(2-11(14)19)3-12(20)15(22)23;;/h1-2,4-5,12,21H,3,20H2,(H,22,23);;1H2/q;+1;/p-1/t12-;;/m1../s1. The number of carboxylic acid groups (broad SMARTS) is 1. The normalized spacial score (nSPS) is 11.1. The number of hydrogen-bond acceptors (Lipinski definition) is 5. The number of benzene rings is 2. The van der Waals surface area contributed by atoms with Gasteiger partial charge in [-0.1, -0.05) is 0 Å². The van der Waals surface area contributed by atoms with Crippen LogP contribution in [0, 0.1) is 14.3 Å². The fourth-order valence-corrected chi connectivity index (χ4v) is 5.71. The van der Waals surface area contributed by atoms with E-state index in [1.54, 1.807) is 12.1 Å². The number of ether oxygens (including phenoxy) is 1. The topological polar surface area (TPSA) is 127 Å². The molecule has 0 unspecified atom stereocenters. The Kier molecular flexibility index (Phi) is 12.8. The third-order valence-electron chi connectivity index (χ3n) is 3.03. The summed E-state index contributed by atoms with van der Waals surface area (Å²) in [7, 11) is 0. The first-order valence-electron chi connectivity index (χ1n) is 6.49. The Bertz CT molecular complexity index is 760. The maximum atomic E-state index is 10.8. The van der Waals surface area contributed by atoms with Crippen LogP contribution >= 0.6 is 90.4 Å². The van der Waals surface area contributed by atoms with Crippen LogP contribution in [0.5, 0.6) is 17.2 Å². The average Bonchev–Trinajstić information content (AvgIpc) is 2.48. The van der Waals surface area contributed by atoms with Crippen LogP contribution in [0.4, 0.5) is 0 Å². The number of aliphatic carboxylic acids is 1. The molecular weight excluding hydrogens is 805 g/mol. The molecule has 0 fully saturated rings. The molecule has 0 radical (unpaired) electrons. The van der Waals surface area contributed by atoms with Crippen LogP contribution in [-0.2, 0) is 11.2 Å². The Morgan fingerprint density at radius 1 is 1.08 bits per heavy atom. The zero-order valence-electron chi connectivity index (χ0n) is 13.4. The molecule has 2 rings (SSSR count). The van der Waals surface area contributed by atoms with Gasteiger partial charge in [0.1, 0.15) is 11.5 Å². The number of carbonyl (C=O) groups is 1. The Labute approximate surface area is 227 Å². The van der Waals surface area contributed by atoms with E-state index in [-0.39, 0.29) is 47.2 Å². The summed E-state index contributed by atoms with van der Waals surface area (Å²) in [4.78, 5) is 10.8. The minimum atomic E-state index is -1.27. The molecule has 6 nitrogen and oxygen atoms in total. The second-order valence-corrected chi connectivity index (χ2v) is 9.50.